The highest BCUT2D eigenvalue weighted by molar-refractivity contribution is 3.84. The van der Waals surface area contributed by atoms with E-state index in [-0.39, 0.29) is 0 Å². The number of halogens is 7. The molecule has 0 aliphatic heterocycles. The molecule has 0 aliphatic carbocycles. The number of alkyl halides is 7. The van der Waals surface area contributed by atoms with Crippen LogP contribution in [0.2, 0.25) is 0 Å². The topological polar surface area (TPSA) is 0 Å². The second-order valence-corrected chi connectivity index (χ2v) is 0.495. The minimum absolute atomic E-state index is 0.500. The van der Waals surface area contributed by atoms with Gasteiger partial charge in [-0.3, -0.25) is 4.39 Å². The van der Waals surface area contributed by atoms with Crippen molar-refractivity contribution in [3.63, 3.8) is 0 Å². The second kappa shape index (κ2) is 15.8. The van der Waals surface area contributed by atoms with Crippen molar-refractivity contribution in [2.24, 2.45) is 0 Å². The van der Waals surface area contributed by atoms with E-state index in [4.69, 9.17) is 0 Å². The van der Waals surface area contributed by atoms with E-state index >= 15 is 0 Å². The summed E-state index contributed by atoms with van der Waals surface area (Å²) in [7, 11) is 0.500. The van der Waals surface area contributed by atoms with Crippen LogP contribution in [0.3, 0.4) is 0 Å². The highest BCUT2D eigenvalue weighted by Gasteiger charge is 1.86. The molecule has 0 saturated heterocycles. The molecule has 0 bridgehead atoms. The Bertz CT molecular complexity index is 24.3. The van der Waals surface area contributed by atoms with Gasteiger partial charge < -0.3 is 0 Å². The largest absolute Gasteiger partial charge is 0.379 e. The Labute approximate surface area is 52.6 Å². The SMILES string of the molecule is CF.FC(F)F.FC(F)F. The van der Waals surface area contributed by atoms with E-state index in [9.17, 15) is 30.7 Å². The molecule has 0 radical (unpaired) electrons. The average Bonchev–Trinajstić information content (AvgIpc) is 1.66. The third-order valence-electron chi connectivity index (χ3n) is 0. The van der Waals surface area contributed by atoms with Gasteiger partial charge in [-0.05, 0) is 0 Å². The van der Waals surface area contributed by atoms with Crippen LogP contribution < -0.4 is 0 Å². The van der Waals surface area contributed by atoms with Crippen molar-refractivity contribution in [1.29, 1.82) is 0 Å². The zero-order chi connectivity index (χ0) is 9.15. The van der Waals surface area contributed by atoms with Gasteiger partial charge in [0.25, 0.3) is 0 Å². The minimum atomic E-state index is -3.67. The Morgan fingerprint density at radius 3 is 0.600 bits per heavy atom. The fourth-order valence-electron chi connectivity index (χ4n) is 0. The van der Waals surface area contributed by atoms with E-state index in [1.54, 1.807) is 0 Å². The molecule has 0 saturated carbocycles. The van der Waals surface area contributed by atoms with Crippen LogP contribution in [0.4, 0.5) is 30.7 Å². The van der Waals surface area contributed by atoms with Gasteiger partial charge in [0.1, 0.15) is 0 Å². The molecule has 0 rings (SSSR count). The summed E-state index contributed by atoms with van der Waals surface area (Å²) in [6, 6.07) is 0. The Balaban J connectivity index is -0.0000000787. The Morgan fingerprint density at radius 1 is 0.600 bits per heavy atom. The van der Waals surface area contributed by atoms with Crippen molar-refractivity contribution in [3.8, 4) is 0 Å². The molecule has 0 N–H and O–H groups in total. The molecule has 0 aromatic carbocycles. The van der Waals surface area contributed by atoms with E-state index in [0.29, 0.717) is 7.18 Å². The van der Waals surface area contributed by atoms with Gasteiger partial charge in [0.05, 0.1) is 7.18 Å². The van der Waals surface area contributed by atoms with Gasteiger partial charge >= 0.3 is 13.4 Å². The highest BCUT2D eigenvalue weighted by atomic mass is 19.4. The van der Waals surface area contributed by atoms with Gasteiger partial charge in [-0.25, -0.2) is 0 Å². The van der Waals surface area contributed by atoms with Gasteiger partial charge in [0.15, 0.2) is 0 Å². The summed E-state index contributed by atoms with van der Waals surface area (Å²) < 4.78 is 67.5. The lowest BCUT2D eigenvalue weighted by Crippen LogP contribution is -1.65. The highest BCUT2D eigenvalue weighted by Crippen LogP contribution is 1.87. The first-order valence-corrected chi connectivity index (χ1v) is 1.69. The predicted molar refractivity (Wildman–Crippen MR) is 21.3 cm³/mol. The van der Waals surface area contributed by atoms with Crippen molar-refractivity contribution in [2.75, 3.05) is 7.18 Å². The van der Waals surface area contributed by atoms with Crippen molar-refractivity contribution >= 4 is 0 Å². The molecule has 0 unspecified atom stereocenters. The summed E-state index contributed by atoms with van der Waals surface area (Å²) in [4.78, 5) is 0. The van der Waals surface area contributed by atoms with Crippen LogP contribution in [0.15, 0.2) is 0 Å². The summed E-state index contributed by atoms with van der Waals surface area (Å²) >= 11 is 0. The summed E-state index contributed by atoms with van der Waals surface area (Å²) in [5, 5.41) is 0. The first kappa shape index (κ1) is 16.3. The lowest BCUT2D eigenvalue weighted by atomic mass is 11.6. The molecular weight excluding hydrogens is 169 g/mol. The van der Waals surface area contributed by atoms with Gasteiger partial charge in [-0.15, -0.1) is 0 Å². The molecule has 10 heavy (non-hydrogen) atoms. The Hall–Kier alpha value is -0.490. The molecule has 0 aromatic rings. The molecule has 0 spiro atoms. The van der Waals surface area contributed by atoms with Crippen LogP contribution in [-0.2, 0) is 0 Å². The summed E-state index contributed by atoms with van der Waals surface area (Å²) in [5.74, 6) is 0. The quantitative estimate of drug-likeness (QED) is 0.495. The van der Waals surface area contributed by atoms with Crippen molar-refractivity contribution in [3.05, 3.63) is 0 Å². The molecule has 0 nitrogen and oxygen atoms in total. The molecule has 66 valence electrons. The van der Waals surface area contributed by atoms with Crippen molar-refractivity contribution in [1.82, 2.24) is 0 Å². The van der Waals surface area contributed by atoms with E-state index in [1.807, 2.05) is 0 Å². The number of rotatable bonds is 0. The molecule has 0 fully saturated rings. The maximum Gasteiger partial charge on any atom is 0.379 e. The summed E-state index contributed by atoms with van der Waals surface area (Å²) in [6.07, 6.45) is 0. The van der Waals surface area contributed by atoms with Crippen molar-refractivity contribution in [2.45, 2.75) is 13.4 Å². The maximum atomic E-state index is 9.67. The number of hydrogen-bond acceptors (Lipinski definition) is 0. The van der Waals surface area contributed by atoms with E-state index in [2.05, 4.69) is 0 Å². The van der Waals surface area contributed by atoms with Crippen LogP contribution in [0, 0.1) is 0 Å². The van der Waals surface area contributed by atoms with Crippen LogP contribution >= 0.6 is 0 Å². The molecule has 0 amide bonds. The zero-order valence-electron chi connectivity index (χ0n) is 4.80. The molecular formula is C3H5F7. The minimum Gasteiger partial charge on any atom is -0.255 e. The first-order chi connectivity index (χ1) is 4.46. The number of hydrogen-bond donors (Lipinski definition) is 0. The monoisotopic (exact) mass is 174 g/mol. The van der Waals surface area contributed by atoms with Gasteiger partial charge in [-0.1, -0.05) is 0 Å². The molecule has 0 atom stereocenters. The third kappa shape index (κ3) is 1330. The first-order valence-electron chi connectivity index (χ1n) is 1.69. The molecule has 7 heteroatoms. The van der Waals surface area contributed by atoms with Gasteiger partial charge in [-0.2, -0.15) is 26.3 Å². The Morgan fingerprint density at radius 2 is 0.600 bits per heavy atom. The lowest BCUT2D eigenvalue weighted by molar-refractivity contribution is 0.00734. The predicted octanol–water partition coefficient (Wildman–Crippen LogP) is 2.94. The Kier molecular flexibility index (Phi) is 25.7. The normalized spacial score (nSPS) is 7.80. The summed E-state index contributed by atoms with van der Waals surface area (Å²) in [5.41, 5.74) is 0. The summed E-state index contributed by atoms with van der Waals surface area (Å²) in [6.45, 7) is -7.33. The molecule has 0 aromatic heterocycles. The van der Waals surface area contributed by atoms with E-state index in [0.717, 1.165) is 0 Å². The molecule has 0 aliphatic rings. The lowest BCUT2D eigenvalue weighted by Gasteiger charge is -1.65. The second-order valence-electron chi connectivity index (χ2n) is 0.495. The van der Waals surface area contributed by atoms with Crippen LogP contribution in [0.5, 0.6) is 0 Å². The third-order valence-corrected chi connectivity index (χ3v) is 0. The van der Waals surface area contributed by atoms with E-state index < -0.39 is 13.4 Å². The van der Waals surface area contributed by atoms with E-state index in [1.165, 1.54) is 0 Å². The van der Waals surface area contributed by atoms with Gasteiger partial charge in [0.2, 0.25) is 0 Å². The van der Waals surface area contributed by atoms with Crippen LogP contribution in [-0.4, -0.2) is 20.5 Å². The van der Waals surface area contributed by atoms with Crippen molar-refractivity contribution < 1.29 is 30.7 Å². The smallest absolute Gasteiger partial charge is 0.255 e. The average molecular weight is 174 g/mol. The van der Waals surface area contributed by atoms with Crippen LogP contribution in [0.1, 0.15) is 0 Å². The fourth-order valence-corrected chi connectivity index (χ4v) is 0. The zero-order valence-corrected chi connectivity index (χ0v) is 4.80. The van der Waals surface area contributed by atoms with Crippen LogP contribution in [0.25, 0.3) is 0 Å². The molecule has 0 heterocycles. The fraction of sp³-hybridized carbons (Fsp3) is 1.00. The standard InChI is InChI=1S/2CHF3.CH3F/c2*2-1(3)4;1-2/h2*1H;1H3. The van der Waals surface area contributed by atoms with Gasteiger partial charge in [0, 0.05) is 0 Å². The maximum absolute atomic E-state index is 9.67.